The van der Waals surface area contributed by atoms with Crippen LogP contribution < -0.4 is 5.32 Å². The first-order chi connectivity index (χ1) is 9.44. The van der Waals surface area contributed by atoms with Gasteiger partial charge in [0.2, 0.25) is 0 Å². The van der Waals surface area contributed by atoms with Gasteiger partial charge in [-0.05, 0) is 25.0 Å². The standard InChI is InChI=1S/C14H19NO4S/c1-2-20(18,19)12-6-4-3-5-11(12)13(17)15-9-14(10-16)7-8-14/h3-6,16H,2,7-10H2,1H3,(H,15,17). The lowest BCUT2D eigenvalue weighted by Crippen LogP contribution is -2.32. The van der Waals surface area contributed by atoms with E-state index >= 15 is 0 Å². The fraction of sp³-hybridized carbons (Fsp3) is 0.500. The van der Waals surface area contributed by atoms with Gasteiger partial charge in [0.1, 0.15) is 0 Å². The van der Waals surface area contributed by atoms with E-state index in [1.165, 1.54) is 12.1 Å². The van der Waals surface area contributed by atoms with E-state index in [0.29, 0.717) is 6.54 Å². The van der Waals surface area contributed by atoms with Gasteiger partial charge in [-0.1, -0.05) is 19.1 Å². The van der Waals surface area contributed by atoms with Gasteiger partial charge >= 0.3 is 0 Å². The molecule has 0 spiro atoms. The molecule has 6 heteroatoms. The predicted octanol–water partition coefficient (Wildman–Crippen LogP) is 0.982. The number of hydrogen-bond donors (Lipinski definition) is 2. The van der Waals surface area contributed by atoms with E-state index in [0.717, 1.165) is 12.8 Å². The minimum absolute atomic E-state index is 0.0438. The van der Waals surface area contributed by atoms with Gasteiger partial charge in [0.05, 0.1) is 22.8 Å². The zero-order valence-corrected chi connectivity index (χ0v) is 12.2. The lowest BCUT2D eigenvalue weighted by molar-refractivity contribution is 0.0932. The molecule has 1 aromatic carbocycles. The molecule has 0 heterocycles. The van der Waals surface area contributed by atoms with Gasteiger partial charge in [0.25, 0.3) is 5.91 Å². The molecule has 1 fully saturated rings. The van der Waals surface area contributed by atoms with Crippen LogP contribution in [0.5, 0.6) is 0 Å². The maximum atomic E-state index is 12.2. The summed E-state index contributed by atoms with van der Waals surface area (Å²) < 4.78 is 24.0. The first-order valence-electron chi connectivity index (χ1n) is 6.65. The molecule has 1 amide bonds. The molecule has 5 nitrogen and oxygen atoms in total. The van der Waals surface area contributed by atoms with Gasteiger partial charge in [-0.15, -0.1) is 0 Å². The first-order valence-corrected chi connectivity index (χ1v) is 8.30. The number of carbonyl (C=O) groups excluding carboxylic acids is 1. The van der Waals surface area contributed by atoms with Crippen molar-refractivity contribution in [3.63, 3.8) is 0 Å². The van der Waals surface area contributed by atoms with Crippen LogP contribution in [0.4, 0.5) is 0 Å². The van der Waals surface area contributed by atoms with Gasteiger partial charge < -0.3 is 10.4 Å². The van der Waals surface area contributed by atoms with Gasteiger partial charge in [-0.3, -0.25) is 4.79 Å². The predicted molar refractivity (Wildman–Crippen MR) is 75.3 cm³/mol. The molecule has 0 aromatic heterocycles. The monoisotopic (exact) mass is 297 g/mol. The van der Waals surface area contributed by atoms with Crippen molar-refractivity contribution in [1.29, 1.82) is 0 Å². The highest BCUT2D eigenvalue weighted by Gasteiger charge is 2.42. The van der Waals surface area contributed by atoms with Crippen LogP contribution in [-0.4, -0.2) is 38.3 Å². The smallest absolute Gasteiger partial charge is 0.252 e. The molecule has 20 heavy (non-hydrogen) atoms. The molecule has 1 aliphatic carbocycles. The number of sulfone groups is 1. The van der Waals surface area contributed by atoms with Crippen molar-refractivity contribution in [2.24, 2.45) is 5.41 Å². The van der Waals surface area contributed by atoms with Crippen LogP contribution in [0.1, 0.15) is 30.1 Å². The average molecular weight is 297 g/mol. The Morgan fingerprint density at radius 2 is 2.00 bits per heavy atom. The Bertz CT molecular complexity index is 605. The largest absolute Gasteiger partial charge is 0.396 e. The van der Waals surface area contributed by atoms with Crippen molar-refractivity contribution >= 4 is 15.7 Å². The lowest BCUT2D eigenvalue weighted by atomic mass is 10.1. The summed E-state index contributed by atoms with van der Waals surface area (Å²) in [6.07, 6.45) is 1.78. The highest BCUT2D eigenvalue weighted by atomic mass is 32.2. The molecule has 0 aliphatic heterocycles. The summed E-state index contributed by atoms with van der Waals surface area (Å²) in [5.74, 6) is -0.449. The zero-order valence-electron chi connectivity index (χ0n) is 11.4. The molecule has 0 saturated heterocycles. The summed E-state index contributed by atoms with van der Waals surface area (Å²) in [4.78, 5) is 12.2. The molecule has 1 saturated carbocycles. The second kappa shape index (κ2) is 5.54. The van der Waals surface area contributed by atoms with Gasteiger partial charge in [-0.25, -0.2) is 8.42 Å². The first kappa shape index (κ1) is 15.0. The molecule has 0 unspecified atom stereocenters. The average Bonchev–Trinajstić information content (AvgIpc) is 3.25. The fourth-order valence-corrected chi connectivity index (χ4v) is 3.10. The van der Waals surface area contributed by atoms with E-state index in [4.69, 9.17) is 0 Å². The maximum absolute atomic E-state index is 12.2. The minimum Gasteiger partial charge on any atom is -0.396 e. The molecule has 110 valence electrons. The van der Waals surface area contributed by atoms with Crippen LogP contribution in [0.15, 0.2) is 29.2 Å². The lowest BCUT2D eigenvalue weighted by Gasteiger charge is -2.14. The van der Waals surface area contributed by atoms with E-state index in [9.17, 15) is 18.3 Å². The Kier molecular flexibility index (Phi) is 4.15. The highest BCUT2D eigenvalue weighted by Crippen LogP contribution is 2.44. The molecular formula is C14H19NO4S. The Hall–Kier alpha value is -1.40. The van der Waals surface area contributed by atoms with Gasteiger partial charge in [-0.2, -0.15) is 0 Å². The van der Waals surface area contributed by atoms with Gasteiger partial charge in [0, 0.05) is 12.0 Å². The summed E-state index contributed by atoms with van der Waals surface area (Å²) in [5.41, 5.74) is -0.0306. The van der Waals surface area contributed by atoms with Crippen molar-refractivity contribution in [3.8, 4) is 0 Å². The molecule has 2 N–H and O–H groups in total. The Labute approximate surface area is 118 Å². The quantitative estimate of drug-likeness (QED) is 0.820. The normalized spacial score (nSPS) is 16.7. The second-order valence-electron chi connectivity index (χ2n) is 5.24. The maximum Gasteiger partial charge on any atom is 0.252 e. The molecule has 0 atom stereocenters. The number of amides is 1. The number of aliphatic hydroxyl groups is 1. The summed E-state index contributed by atoms with van der Waals surface area (Å²) in [6.45, 7) is 1.97. The van der Waals surface area contributed by atoms with Crippen LogP contribution in [0.2, 0.25) is 0 Å². The number of carbonyl (C=O) groups is 1. The summed E-state index contributed by atoms with van der Waals surface area (Å²) in [5, 5.41) is 11.9. The Balaban J connectivity index is 2.18. The van der Waals surface area contributed by atoms with Crippen molar-refractivity contribution < 1.29 is 18.3 Å². The van der Waals surface area contributed by atoms with Crippen LogP contribution in [0, 0.1) is 5.41 Å². The van der Waals surface area contributed by atoms with Crippen molar-refractivity contribution in [3.05, 3.63) is 29.8 Å². The number of benzene rings is 1. The number of nitrogens with one attached hydrogen (secondary N) is 1. The van der Waals surface area contributed by atoms with Crippen LogP contribution >= 0.6 is 0 Å². The summed E-state index contributed by atoms with van der Waals surface area (Å²) in [7, 11) is -3.43. The van der Waals surface area contributed by atoms with E-state index in [1.807, 2.05) is 0 Å². The van der Waals surface area contributed by atoms with Crippen molar-refractivity contribution in [1.82, 2.24) is 5.32 Å². The SMILES string of the molecule is CCS(=O)(=O)c1ccccc1C(=O)NCC1(CO)CC1. The fourth-order valence-electron chi connectivity index (χ4n) is 2.01. The molecule has 1 aromatic rings. The van der Waals surface area contributed by atoms with Crippen LogP contribution in [0.3, 0.4) is 0 Å². The third-order valence-corrected chi connectivity index (χ3v) is 5.55. The molecule has 0 bridgehead atoms. The van der Waals surface area contributed by atoms with E-state index in [-0.39, 0.29) is 28.2 Å². The third-order valence-electron chi connectivity index (χ3n) is 3.76. The Morgan fingerprint density at radius 1 is 1.35 bits per heavy atom. The van der Waals surface area contributed by atoms with Crippen molar-refractivity contribution in [2.45, 2.75) is 24.7 Å². The molecular weight excluding hydrogens is 278 g/mol. The second-order valence-corrected chi connectivity index (χ2v) is 7.49. The zero-order chi connectivity index (χ0) is 14.8. The summed E-state index contributed by atoms with van der Waals surface area (Å²) in [6, 6.07) is 6.21. The Morgan fingerprint density at radius 3 is 2.55 bits per heavy atom. The molecule has 1 aliphatic rings. The van der Waals surface area contributed by atoms with Crippen LogP contribution in [0.25, 0.3) is 0 Å². The van der Waals surface area contributed by atoms with E-state index < -0.39 is 15.7 Å². The third kappa shape index (κ3) is 3.02. The topological polar surface area (TPSA) is 83.5 Å². The number of aliphatic hydroxyl groups excluding tert-OH is 1. The number of hydrogen-bond acceptors (Lipinski definition) is 4. The molecule has 0 radical (unpaired) electrons. The van der Waals surface area contributed by atoms with Crippen molar-refractivity contribution in [2.75, 3.05) is 18.9 Å². The van der Waals surface area contributed by atoms with Crippen LogP contribution in [-0.2, 0) is 9.84 Å². The minimum atomic E-state index is -3.43. The molecule has 2 rings (SSSR count). The highest BCUT2D eigenvalue weighted by molar-refractivity contribution is 7.91. The van der Waals surface area contributed by atoms with E-state index in [2.05, 4.69) is 5.32 Å². The van der Waals surface area contributed by atoms with Gasteiger partial charge in [0.15, 0.2) is 9.84 Å². The summed E-state index contributed by atoms with van der Waals surface area (Å²) >= 11 is 0. The number of rotatable bonds is 6. The van der Waals surface area contributed by atoms with E-state index in [1.54, 1.807) is 19.1 Å².